The fraction of sp³-hybridized carbons (Fsp3) is 0.652. The van der Waals surface area contributed by atoms with Crippen molar-refractivity contribution in [2.45, 2.75) is 64.2 Å². The Bertz CT molecular complexity index is 992. The van der Waals surface area contributed by atoms with Crippen LogP contribution in [0.2, 0.25) is 0 Å². The number of amides is 1. The number of hydrogen-bond acceptors (Lipinski definition) is 7. The van der Waals surface area contributed by atoms with E-state index in [1.165, 1.54) is 41.5 Å². The molecule has 0 N–H and O–H groups in total. The zero-order valence-corrected chi connectivity index (χ0v) is 19.0. The summed E-state index contributed by atoms with van der Waals surface area (Å²) in [7, 11) is 0. The SMILES string of the molecule is CCOC(=O)CCC(=O)N1CCN(c2nc(C3CC3)nc3sc4c(c23)CCCC4)CC1. The molecule has 0 aromatic carbocycles. The highest BCUT2D eigenvalue weighted by Gasteiger charge is 2.32. The van der Waals surface area contributed by atoms with Crippen molar-refractivity contribution in [2.75, 3.05) is 37.7 Å². The third kappa shape index (κ3) is 4.27. The number of carbonyl (C=O) groups excluding carboxylic acids is 2. The van der Waals surface area contributed by atoms with Crippen molar-refractivity contribution in [2.24, 2.45) is 0 Å². The van der Waals surface area contributed by atoms with E-state index in [0.717, 1.165) is 42.4 Å². The van der Waals surface area contributed by atoms with Gasteiger partial charge in [-0.05, 0) is 51.0 Å². The average Bonchev–Trinajstić information content (AvgIpc) is 3.57. The zero-order valence-electron chi connectivity index (χ0n) is 18.2. The van der Waals surface area contributed by atoms with E-state index in [1.54, 1.807) is 6.92 Å². The van der Waals surface area contributed by atoms with E-state index in [-0.39, 0.29) is 24.7 Å². The van der Waals surface area contributed by atoms with Crippen LogP contribution >= 0.6 is 11.3 Å². The van der Waals surface area contributed by atoms with Crippen LogP contribution in [0.5, 0.6) is 0 Å². The van der Waals surface area contributed by atoms with Gasteiger partial charge in [-0.1, -0.05) is 0 Å². The van der Waals surface area contributed by atoms with Gasteiger partial charge < -0.3 is 14.5 Å². The van der Waals surface area contributed by atoms with Crippen molar-refractivity contribution in [3.63, 3.8) is 0 Å². The molecule has 0 spiro atoms. The van der Waals surface area contributed by atoms with E-state index >= 15 is 0 Å². The minimum Gasteiger partial charge on any atom is -0.466 e. The van der Waals surface area contributed by atoms with Gasteiger partial charge in [-0.15, -0.1) is 11.3 Å². The zero-order chi connectivity index (χ0) is 21.4. The topological polar surface area (TPSA) is 75.6 Å². The van der Waals surface area contributed by atoms with E-state index < -0.39 is 0 Å². The fourth-order valence-corrected chi connectivity index (χ4v) is 5.94. The van der Waals surface area contributed by atoms with E-state index in [1.807, 2.05) is 16.2 Å². The van der Waals surface area contributed by atoms with Gasteiger partial charge in [-0.2, -0.15) is 0 Å². The number of hydrogen-bond donors (Lipinski definition) is 0. The summed E-state index contributed by atoms with van der Waals surface area (Å²) in [4.78, 5) is 41.0. The second kappa shape index (κ2) is 8.73. The number of aryl methyl sites for hydroxylation is 2. The summed E-state index contributed by atoms with van der Waals surface area (Å²) in [5.41, 5.74) is 1.47. The van der Waals surface area contributed by atoms with Gasteiger partial charge in [0.1, 0.15) is 16.5 Å². The smallest absolute Gasteiger partial charge is 0.306 e. The molecule has 0 atom stereocenters. The number of anilines is 1. The Labute approximate surface area is 186 Å². The van der Waals surface area contributed by atoms with Gasteiger partial charge in [0.05, 0.1) is 18.4 Å². The first-order valence-corrected chi connectivity index (χ1v) is 12.5. The number of thiophene rings is 1. The Hall–Kier alpha value is -2.22. The van der Waals surface area contributed by atoms with E-state index in [4.69, 9.17) is 14.7 Å². The molecule has 31 heavy (non-hydrogen) atoms. The lowest BCUT2D eigenvalue weighted by atomic mass is 9.97. The molecular weight excluding hydrogens is 412 g/mol. The first-order chi connectivity index (χ1) is 15.1. The first kappa shape index (κ1) is 20.7. The highest BCUT2D eigenvalue weighted by atomic mass is 32.1. The van der Waals surface area contributed by atoms with Crippen LogP contribution in [-0.4, -0.2) is 59.5 Å². The summed E-state index contributed by atoms with van der Waals surface area (Å²) >= 11 is 1.87. The Balaban J connectivity index is 1.33. The molecule has 3 heterocycles. The number of esters is 1. The monoisotopic (exact) mass is 442 g/mol. The Kier molecular flexibility index (Phi) is 5.82. The van der Waals surface area contributed by atoms with Gasteiger partial charge in [0.15, 0.2) is 0 Å². The molecule has 0 unspecified atom stereocenters. The average molecular weight is 443 g/mol. The molecule has 7 nitrogen and oxygen atoms in total. The van der Waals surface area contributed by atoms with Gasteiger partial charge in [0, 0.05) is 43.4 Å². The molecule has 2 aliphatic carbocycles. The molecule has 0 bridgehead atoms. The third-order valence-electron chi connectivity index (χ3n) is 6.54. The Morgan fingerprint density at radius 3 is 2.58 bits per heavy atom. The molecule has 1 amide bonds. The van der Waals surface area contributed by atoms with Crippen LogP contribution in [0.4, 0.5) is 5.82 Å². The Morgan fingerprint density at radius 2 is 1.84 bits per heavy atom. The summed E-state index contributed by atoms with van der Waals surface area (Å²) < 4.78 is 4.94. The van der Waals surface area contributed by atoms with E-state index in [9.17, 15) is 9.59 Å². The Morgan fingerprint density at radius 1 is 1.06 bits per heavy atom. The molecule has 2 aromatic heterocycles. The van der Waals surface area contributed by atoms with Gasteiger partial charge >= 0.3 is 5.97 Å². The predicted molar refractivity (Wildman–Crippen MR) is 121 cm³/mol. The number of carbonyl (C=O) groups is 2. The standard InChI is InChI=1S/C23H30N4O3S/c1-2-30-19(29)10-9-18(28)26-11-13-27(14-12-26)22-20-16-5-3-4-6-17(16)31-23(20)25-21(24-22)15-7-8-15/h15H,2-14H2,1H3. The lowest BCUT2D eigenvalue weighted by Gasteiger charge is -2.36. The number of fused-ring (bicyclic) bond motifs is 3. The maximum absolute atomic E-state index is 12.5. The molecule has 2 aromatic rings. The van der Waals surface area contributed by atoms with Crippen molar-refractivity contribution in [1.82, 2.24) is 14.9 Å². The molecule has 0 radical (unpaired) electrons. The quantitative estimate of drug-likeness (QED) is 0.638. The summed E-state index contributed by atoms with van der Waals surface area (Å²) in [6.45, 7) is 5.00. The van der Waals surface area contributed by atoms with Crippen LogP contribution in [0, 0.1) is 0 Å². The molecule has 1 saturated carbocycles. The van der Waals surface area contributed by atoms with Crippen LogP contribution in [0.3, 0.4) is 0 Å². The first-order valence-electron chi connectivity index (χ1n) is 11.6. The number of rotatable bonds is 6. The number of piperazine rings is 1. The van der Waals surface area contributed by atoms with E-state index in [0.29, 0.717) is 25.6 Å². The number of nitrogens with zero attached hydrogens (tertiary/aromatic N) is 4. The van der Waals surface area contributed by atoms with Gasteiger partial charge in [-0.3, -0.25) is 9.59 Å². The number of aromatic nitrogens is 2. The summed E-state index contributed by atoms with van der Waals surface area (Å²) in [6.07, 6.45) is 7.57. The van der Waals surface area contributed by atoms with Crippen molar-refractivity contribution < 1.29 is 14.3 Å². The minimum atomic E-state index is -0.298. The third-order valence-corrected chi connectivity index (χ3v) is 7.72. The molecule has 166 valence electrons. The second-order valence-electron chi connectivity index (χ2n) is 8.74. The second-order valence-corrected chi connectivity index (χ2v) is 9.83. The highest BCUT2D eigenvalue weighted by Crippen LogP contribution is 2.44. The summed E-state index contributed by atoms with van der Waals surface area (Å²) in [5, 5.41) is 1.27. The van der Waals surface area contributed by atoms with Crippen molar-refractivity contribution in [1.29, 1.82) is 0 Å². The lowest BCUT2D eigenvalue weighted by Crippen LogP contribution is -2.49. The predicted octanol–water partition coefficient (Wildman–Crippen LogP) is 3.44. The van der Waals surface area contributed by atoms with Crippen LogP contribution in [0.15, 0.2) is 0 Å². The van der Waals surface area contributed by atoms with Gasteiger partial charge in [0.25, 0.3) is 0 Å². The lowest BCUT2D eigenvalue weighted by molar-refractivity contribution is -0.145. The van der Waals surface area contributed by atoms with Crippen molar-refractivity contribution in [3.8, 4) is 0 Å². The minimum absolute atomic E-state index is 0.0344. The maximum Gasteiger partial charge on any atom is 0.306 e. The van der Waals surface area contributed by atoms with Crippen LogP contribution in [-0.2, 0) is 27.2 Å². The van der Waals surface area contributed by atoms with Crippen LogP contribution in [0.1, 0.15) is 67.6 Å². The van der Waals surface area contributed by atoms with Crippen molar-refractivity contribution >= 4 is 39.2 Å². The molecule has 1 aliphatic heterocycles. The summed E-state index contributed by atoms with van der Waals surface area (Å²) in [6, 6.07) is 0. The largest absolute Gasteiger partial charge is 0.466 e. The molecular formula is C23H30N4O3S. The molecule has 2 fully saturated rings. The molecule has 3 aliphatic rings. The van der Waals surface area contributed by atoms with Gasteiger partial charge in [0.2, 0.25) is 5.91 Å². The normalized spacial score (nSPS) is 18.9. The van der Waals surface area contributed by atoms with E-state index in [2.05, 4.69) is 4.90 Å². The van der Waals surface area contributed by atoms with Crippen LogP contribution < -0.4 is 4.90 Å². The molecule has 5 rings (SSSR count). The maximum atomic E-state index is 12.5. The van der Waals surface area contributed by atoms with Gasteiger partial charge in [-0.25, -0.2) is 9.97 Å². The molecule has 8 heteroatoms. The van der Waals surface area contributed by atoms with Crippen molar-refractivity contribution in [3.05, 3.63) is 16.3 Å². The highest BCUT2D eigenvalue weighted by molar-refractivity contribution is 7.19. The number of ether oxygens (including phenoxy) is 1. The van der Waals surface area contributed by atoms with Crippen LogP contribution in [0.25, 0.3) is 10.2 Å². The summed E-state index contributed by atoms with van der Waals surface area (Å²) in [5.74, 6) is 2.35. The molecule has 1 saturated heterocycles. The fourth-order valence-electron chi connectivity index (χ4n) is 4.68.